The predicted molar refractivity (Wildman–Crippen MR) is 298 cm³/mol. The Kier molecular flexibility index (Phi) is 9.13. The van der Waals surface area contributed by atoms with E-state index in [2.05, 4.69) is 192 Å². The third-order valence-corrected chi connectivity index (χ3v) is 14.4. The van der Waals surface area contributed by atoms with Gasteiger partial charge in [-0.2, -0.15) is 0 Å². The first kappa shape index (κ1) is 40.9. The van der Waals surface area contributed by atoms with E-state index in [9.17, 15) is 0 Å². The molecule has 7 heteroatoms. The molecule has 338 valence electrons. The molecule has 4 aromatic heterocycles. The topological polar surface area (TPSA) is 81.8 Å². The molecule has 0 aliphatic carbocycles. The number of hydrogen-bond donors (Lipinski definition) is 0. The molecule has 0 bridgehead atoms. The quantitative estimate of drug-likeness (QED) is 0.117. The summed E-state index contributed by atoms with van der Waals surface area (Å²) in [6.45, 7) is 0. The van der Waals surface area contributed by atoms with Crippen LogP contribution in [0.1, 0.15) is 0 Å². The molecule has 15 aromatic rings. The van der Waals surface area contributed by atoms with Crippen molar-refractivity contribution in [3.63, 3.8) is 0 Å². The Hall–Kier alpha value is -9.98. The van der Waals surface area contributed by atoms with Crippen molar-refractivity contribution < 1.29 is 0 Å². The zero-order chi connectivity index (χ0) is 48.0. The highest BCUT2D eigenvalue weighted by atomic mass is 15.0. The van der Waals surface area contributed by atoms with E-state index >= 15 is 0 Å². The van der Waals surface area contributed by atoms with Crippen molar-refractivity contribution in [2.24, 2.45) is 0 Å². The number of para-hydroxylation sites is 1. The van der Waals surface area contributed by atoms with E-state index in [1.807, 2.05) is 48.5 Å². The van der Waals surface area contributed by atoms with Crippen LogP contribution in [0.5, 0.6) is 0 Å². The van der Waals surface area contributed by atoms with Crippen LogP contribution in [-0.4, -0.2) is 34.3 Å². The summed E-state index contributed by atoms with van der Waals surface area (Å²) in [6, 6.07) is 83.0. The predicted octanol–water partition coefficient (Wildman–Crippen LogP) is 16.3. The third-order valence-electron chi connectivity index (χ3n) is 14.4. The number of fused-ring (bicyclic) bond motifs is 7. The van der Waals surface area contributed by atoms with Gasteiger partial charge >= 0.3 is 0 Å². The van der Waals surface area contributed by atoms with E-state index in [0.29, 0.717) is 34.9 Å². The molecule has 4 heterocycles. The fourth-order valence-corrected chi connectivity index (χ4v) is 11.0. The smallest absolute Gasteiger partial charge is 0.164 e. The van der Waals surface area contributed by atoms with Gasteiger partial charge < -0.3 is 4.40 Å². The van der Waals surface area contributed by atoms with Crippen LogP contribution in [0, 0.1) is 0 Å². The molecule has 0 atom stereocenters. The van der Waals surface area contributed by atoms with E-state index in [-0.39, 0.29) is 0 Å². The summed E-state index contributed by atoms with van der Waals surface area (Å²) < 4.78 is 2.45. The summed E-state index contributed by atoms with van der Waals surface area (Å²) in [7, 11) is 0. The molecular weight excluding hydrogens is 891 g/mol. The van der Waals surface area contributed by atoms with Gasteiger partial charge in [-0.15, -0.1) is 0 Å². The van der Waals surface area contributed by atoms with Crippen LogP contribution in [0.4, 0.5) is 0 Å². The largest absolute Gasteiger partial charge is 0.308 e. The van der Waals surface area contributed by atoms with Gasteiger partial charge in [0.2, 0.25) is 0 Å². The first-order chi connectivity index (χ1) is 36.2. The summed E-state index contributed by atoms with van der Waals surface area (Å²) >= 11 is 0. The Balaban J connectivity index is 0.910. The lowest BCUT2D eigenvalue weighted by molar-refractivity contribution is 1.08. The van der Waals surface area contributed by atoms with Crippen molar-refractivity contribution in [3.8, 4) is 79.5 Å². The van der Waals surface area contributed by atoms with Crippen molar-refractivity contribution in [1.29, 1.82) is 0 Å². The molecule has 15 rings (SSSR count). The first-order valence-electron chi connectivity index (χ1n) is 24.5. The Morgan fingerprint density at radius 1 is 0.233 bits per heavy atom. The second-order valence-electron chi connectivity index (χ2n) is 18.6. The Labute approximate surface area is 418 Å². The number of rotatable bonds is 7. The SMILES string of the molecule is c1ccc(-c2nc(-c3ccc(-c4cc5c6cccc7c(-c8nc(-c9ccccc9)nc(-c9cccc%10ccccc9%10)n8)ccc(c76)n6c7ccccc7c(c4)c56)cc3)nc(-c3cccc4ccccc34)n2)cc1. The summed E-state index contributed by atoms with van der Waals surface area (Å²) in [4.78, 5) is 31.0. The summed E-state index contributed by atoms with van der Waals surface area (Å²) in [5.41, 5.74) is 11.4. The van der Waals surface area contributed by atoms with Crippen molar-refractivity contribution in [1.82, 2.24) is 34.3 Å². The van der Waals surface area contributed by atoms with Gasteiger partial charge in [-0.1, -0.05) is 206 Å². The molecule has 11 aromatic carbocycles. The van der Waals surface area contributed by atoms with Crippen LogP contribution in [-0.2, 0) is 0 Å². The molecule has 0 spiro atoms. The highest BCUT2D eigenvalue weighted by Gasteiger charge is 2.23. The summed E-state index contributed by atoms with van der Waals surface area (Å²) in [5, 5.41) is 11.4. The fraction of sp³-hybridized carbons (Fsp3) is 0. The normalized spacial score (nSPS) is 11.8. The second kappa shape index (κ2) is 16.3. The maximum atomic E-state index is 5.32. The van der Waals surface area contributed by atoms with Gasteiger partial charge in [0.05, 0.1) is 16.6 Å². The van der Waals surface area contributed by atoms with Crippen LogP contribution >= 0.6 is 0 Å². The lowest BCUT2D eigenvalue weighted by Gasteiger charge is -2.17. The van der Waals surface area contributed by atoms with E-state index in [4.69, 9.17) is 29.9 Å². The van der Waals surface area contributed by atoms with Crippen molar-refractivity contribution in [2.45, 2.75) is 0 Å². The molecular formula is C66H39N7. The van der Waals surface area contributed by atoms with Gasteiger partial charge in [0, 0.05) is 54.9 Å². The average molecular weight is 930 g/mol. The van der Waals surface area contributed by atoms with Gasteiger partial charge in [0.15, 0.2) is 34.9 Å². The van der Waals surface area contributed by atoms with Gasteiger partial charge in [0.1, 0.15) is 0 Å². The van der Waals surface area contributed by atoms with Crippen molar-refractivity contribution in [3.05, 3.63) is 237 Å². The second-order valence-corrected chi connectivity index (χ2v) is 18.6. The maximum Gasteiger partial charge on any atom is 0.164 e. The highest BCUT2D eigenvalue weighted by Crippen LogP contribution is 2.45. The maximum absolute atomic E-state index is 5.32. The van der Waals surface area contributed by atoms with Crippen molar-refractivity contribution >= 4 is 70.4 Å². The lowest BCUT2D eigenvalue weighted by atomic mass is 9.93. The number of benzene rings is 11. The molecule has 0 fully saturated rings. The average Bonchev–Trinajstić information content (AvgIpc) is 3.81. The van der Waals surface area contributed by atoms with Gasteiger partial charge in [0.25, 0.3) is 0 Å². The molecule has 0 saturated heterocycles. The third kappa shape index (κ3) is 6.60. The molecule has 0 aliphatic heterocycles. The molecule has 0 aliphatic rings. The number of aromatic nitrogens is 7. The molecule has 0 N–H and O–H groups in total. The van der Waals surface area contributed by atoms with E-state index in [0.717, 1.165) is 87.9 Å². The van der Waals surface area contributed by atoms with E-state index < -0.39 is 0 Å². The van der Waals surface area contributed by atoms with E-state index in [1.54, 1.807) is 0 Å². The number of nitrogens with zero attached hydrogens (tertiary/aromatic N) is 7. The monoisotopic (exact) mass is 929 g/mol. The van der Waals surface area contributed by atoms with E-state index in [1.165, 1.54) is 27.1 Å². The Morgan fingerprint density at radius 3 is 1.25 bits per heavy atom. The number of pyridine rings is 1. The molecule has 0 saturated carbocycles. The molecule has 73 heavy (non-hydrogen) atoms. The Bertz CT molecular complexity index is 4650. The highest BCUT2D eigenvalue weighted by molar-refractivity contribution is 6.29. The lowest BCUT2D eigenvalue weighted by Crippen LogP contribution is -2.01. The minimum atomic E-state index is 0.620. The Morgan fingerprint density at radius 2 is 0.644 bits per heavy atom. The van der Waals surface area contributed by atoms with Crippen LogP contribution < -0.4 is 0 Å². The summed E-state index contributed by atoms with van der Waals surface area (Å²) in [5.74, 6) is 3.78. The standard InChI is InChI=1S/C66H39N7/c1-3-18-43(19-4-1)61-67-63(71-64(68-61)52-29-13-22-41-16-7-9-24-47(41)52)45-34-32-40(33-35-45)46-38-55-49-26-11-12-31-57(49)73-58-37-36-54(50-27-15-28-51(59(50)58)56(39-46)60(55)73)66-70-62(44-20-5-2-6-21-44)69-65(72-66)53-30-14-23-42-17-8-10-25-48(42)53/h1-39H. The number of hydrogen-bond acceptors (Lipinski definition) is 6. The molecule has 0 amide bonds. The van der Waals surface area contributed by atoms with Gasteiger partial charge in [-0.05, 0) is 73.8 Å². The first-order valence-corrected chi connectivity index (χ1v) is 24.5. The van der Waals surface area contributed by atoms with Crippen LogP contribution in [0.15, 0.2) is 237 Å². The fourth-order valence-electron chi connectivity index (χ4n) is 11.0. The molecule has 7 nitrogen and oxygen atoms in total. The summed E-state index contributed by atoms with van der Waals surface area (Å²) in [6.07, 6.45) is 0. The van der Waals surface area contributed by atoms with Crippen molar-refractivity contribution in [2.75, 3.05) is 0 Å². The molecule has 0 radical (unpaired) electrons. The molecule has 0 unspecified atom stereocenters. The van der Waals surface area contributed by atoms with Gasteiger partial charge in [-0.25, -0.2) is 29.9 Å². The van der Waals surface area contributed by atoms with Gasteiger partial charge in [-0.3, -0.25) is 0 Å². The van der Waals surface area contributed by atoms with Crippen LogP contribution in [0.25, 0.3) is 150 Å². The zero-order valence-electron chi connectivity index (χ0n) is 39.1. The zero-order valence-corrected chi connectivity index (χ0v) is 39.1. The minimum Gasteiger partial charge on any atom is -0.308 e. The van der Waals surface area contributed by atoms with Crippen LogP contribution in [0.2, 0.25) is 0 Å². The minimum absolute atomic E-state index is 0.620. The van der Waals surface area contributed by atoms with Crippen LogP contribution in [0.3, 0.4) is 0 Å².